The lowest BCUT2D eigenvalue weighted by molar-refractivity contribution is -0.147. The minimum absolute atomic E-state index is 0.0540. The van der Waals surface area contributed by atoms with Crippen LogP contribution in [-0.4, -0.2) is 18.5 Å². The zero-order valence-corrected chi connectivity index (χ0v) is 15.3. The number of amides is 1. The third-order valence-corrected chi connectivity index (χ3v) is 4.15. The Kier molecular flexibility index (Phi) is 6.34. The average molecular weight is 339 g/mol. The summed E-state index contributed by atoms with van der Waals surface area (Å²) in [6.07, 6.45) is 0.250. The molecule has 0 heterocycles. The molecule has 0 saturated heterocycles. The highest BCUT2D eigenvalue weighted by Crippen LogP contribution is 2.22. The number of rotatable bonds is 6. The molecule has 1 atom stereocenters. The van der Waals surface area contributed by atoms with Crippen LogP contribution in [0.3, 0.4) is 0 Å². The minimum atomic E-state index is -0.371. The molecule has 2 aromatic carbocycles. The van der Waals surface area contributed by atoms with Crippen molar-refractivity contribution in [3.05, 3.63) is 64.7 Å². The third-order valence-electron chi connectivity index (χ3n) is 4.15. The summed E-state index contributed by atoms with van der Waals surface area (Å²) in [6, 6.07) is 13.8. The first-order valence-electron chi connectivity index (χ1n) is 8.45. The fourth-order valence-corrected chi connectivity index (χ4v) is 2.91. The number of carbonyl (C=O) groups excluding carboxylic acids is 2. The predicted molar refractivity (Wildman–Crippen MR) is 99.7 cm³/mol. The standard InChI is InChI=1S/C21H25NO3/c1-14-10-16(3)21(17(4)11-14)22-19(23)13-25-20(24)12-15(2)18-8-6-5-7-9-18/h5-11,15H,12-13H2,1-4H3,(H,22,23)/t15-/m1/s1. The Morgan fingerprint density at radius 1 is 1.04 bits per heavy atom. The molecule has 2 aromatic rings. The molecule has 1 amide bonds. The van der Waals surface area contributed by atoms with Crippen molar-refractivity contribution in [1.29, 1.82) is 0 Å². The van der Waals surface area contributed by atoms with Crippen LogP contribution < -0.4 is 5.32 Å². The lowest BCUT2D eigenvalue weighted by Gasteiger charge is -2.14. The second-order valence-corrected chi connectivity index (χ2v) is 6.50. The van der Waals surface area contributed by atoms with Gasteiger partial charge in [0.2, 0.25) is 0 Å². The fourth-order valence-electron chi connectivity index (χ4n) is 2.91. The largest absolute Gasteiger partial charge is 0.456 e. The van der Waals surface area contributed by atoms with Crippen molar-refractivity contribution in [2.24, 2.45) is 0 Å². The molecule has 0 aromatic heterocycles. The molecule has 25 heavy (non-hydrogen) atoms. The summed E-state index contributed by atoms with van der Waals surface area (Å²) in [7, 11) is 0. The lowest BCUT2D eigenvalue weighted by Crippen LogP contribution is -2.22. The molecule has 0 aliphatic carbocycles. The van der Waals surface area contributed by atoms with Crippen LogP contribution in [0.1, 0.15) is 41.5 Å². The van der Waals surface area contributed by atoms with Gasteiger partial charge in [0.05, 0.1) is 6.42 Å². The molecule has 0 saturated carbocycles. The maximum absolute atomic E-state index is 12.1. The van der Waals surface area contributed by atoms with Crippen LogP contribution in [0.2, 0.25) is 0 Å². The number of ether oxygens (including phenoxy) is 1. The van der Waals surface area contributed by atoms with Crippen molar-refractivity contribution in [2.45, 2.75) is 40.0 Å². The van der Waals surface area contributed by atoms with E-state index in [2.05, 4.69) is 5.32 Å². The lowest BCUT2D eigenvalue weighted by atomic mass is 9.98. The Morgan fingerprint density at radius 3 is 2.24 bits per heavy atom. The van der Waals surface area contributed by atoms with E-state index in [0.29, 0.717) is 0 Å². The van der Waals surface area contributed by atoms with E-state index in [4.69, 9.17) is 4.74 Å². The van der Waals surface area contributed by atoms with Gasteiger partial charge in [-0.3, -0.25) is 9.59 Å². The second kappa shape index (κ2) is 8.47. The normalized spacial score (nSPS) is 11.7. The molecule has 0 radical (unpaired) electrons. The average Bonchev–Trinajstić information content (AvgIpc) is 2.57. The molecule has 0 unspecified atom stereocenters. The molecule has 0 fully saturated rings. The molecule has 0 bridgehead atoms. The van der Waals surface area contributed by atoms with Crippen molar-refractivity contribution in [1.82, 2.24) is 0 Å². The van der Waals surface area contributed by atoms with Gasteiger partial charge in [-0.1, -0.05) is 55.0 Å². The van der Waals surface area contributed by atoms with Gasteiger partial charge in [0.25, 0.3) is 5.91 Å². The minimum Gasteiger partial charge on any atom is -0.456 e. The molecule has 0 aliphatic heterocycles. The Labute approximate surface area is 149 Å². The molecule has 0 aliphatic rings. The quantitative estimate of drug-likeness (QED) is 0.799. The molecule has 4 heteroatoms. The van der Waals surface area contributed by atoms with E-state index in [0.717, 1.165) is 27.9 Å². The molecule has 4 nitrogen and oxygen atoms in total. The summed E-state index contributed by atoms with van der Waals surface area (Å²) < 4.78 is 5.12. The Hall–Kier alpha value is -2.62. The number of hydrogen-bond donors (Lipinski definition) is 1. The first-order valence-corrected chi connectivity index (χ1v) is 8.45. The van der Waals surface area contributed by atoms with Gasteiger partial charge in [-0.2, -0.15) is 0 Å². The molecule has 132 valence electrons. The Balaban J connectivity index is 1.85. The Morgan fingerprint density at radius 2 is 1.64 bits per heavy atom. The summed E-state index contributed by atoms with van der Waals surface area (Å²) in [5.74, 6) is -0.641. The van der Waals surface area contributed by atoms with E-state index in [9.17, 15) is 9.59 Å². The number of aryl methyl sites for hydroxylation is 3. The number of carbonyl (C=O) groups is 2. The molecule has 1 N–H and O–H groups in total. The van der Waals surface area contributed by atoms with E-state index < -0.39 is 0 Å². The van der Waals surface area contributed by atoms with Gasteiger partial charge in [0.1, 0.15) is 0 Å². The van der Waals surface area contributed by atoms with Crippen LogP contribution in [0.15, 0.2) is 42.5 Å². The maximum Gasteiger partial charge on any atom is 0.306 e. The summed E-state index contributed by atoms with van der Waals surface area (Å²) in [5.41, 5.74) is 5.00. The first-order chi connectivity index (χ1) is 11.9. The Bertz CT molecular complexity index is 730. The van der Waals surface area contributed by atoms with E-state index in [1.54, 1.807) is 0 Å². The van der Waals surface area contributed by atoms with Gasteiger partial charge < -0.3 is 10.1 Å². The van der Waals surface area contributed by atoms with E-state index in [1.165, 1.54) is 0 Å². The first kappa shape index (κ1) is 18.7. The van der Waals surface area contributed by atoms with Gasteiger partial charge in [-0.05, 0) is 43.4 Å². The zero-order valence-electron chi connectivity index (χ0n) is 15.3. The van der Waals surface area contributed by atoms with E-state index in [-0.39, 0.29) is 30.8 Å². The van der Waals surface area contributed by atoms with E-state index in [1.807, 2.05) is 70.2 Å². The molecular formula is C21H25NO3. The topological polar surface area (TPSA) is 55.4 Å². The van der Waals surface area contributed by atoms with E-state index >= 15 is 0 Å². The van der Waals surface area contributed by atoms with Gasteiger partial charge in [-0.25, -0.2) is 0 Å². The smallest absolute Gasteiger partial charge is 0.306 e. The van der Waals surface area contributed by atoms with Gasteiger partial charge in [-0.15, -0.1) is 0 Å². The summed E-state index contributed by atoms with van der Waals surface area (Å²) in [4.78, 5) is 24.0. The molecule has 0 spiro atoms. The van der Waals surface area contributed by atoms with Crippen LogP contribution in [0.25, 0.3) is 0 Å². The molecular weight excluding hydrogens is 314 g/mol. The SMILES string of the molecule is Cc1cc(C)c(NC(=O)COC(=O)C[C@@H](C)c2ccccc2)c(C)c1. The number of benzene rings is 2. The number of nitrogens with one attached hydrogen (secondary N) is 1. The maximum atomic E-state index is 12.1. The van der Waals surface area contributed by atoms with Gasteiger partial charge in [0, 0.05) is 5.69 Å². The third kappa shape index (κ3) is 5.45. The summed E-state index contributed by atoms with van der Waals surface area (Å²) >= 11 is 0. The second-order valence-electron chi connectivity index (χ2n) is 6.50. The summed E-state index contributed by atoms with van der Waals surface area (Å²) in [5, 5.41) is 2.83. The van der Waals surface area contributed by atoms with Crippen LogP contribution in [0.5, 0.6) is 0 Å². The number of hydrogen-bond acceptors (Lipinski definition) is 3. The number of anilines is 1. The van der Waals surface area contributed by atoms with Crippen LogP contribution >= 0.6 is 0 Å². The monoisotopic (exact) mass is 339 g/mol. The highest BCUT2D eigenvalue weighted by atomic mass is 16.5. The highest BCUT2D eigenvalue weighted by molar-refractivity contribution is 5.94. The van der Waals surface area contributed by atoms with Crippen LogP contribution in [0, 0.1) is 20.8 Å². The highest BCUT2D eigenvalue weighted by Gasteiger charge is 2.14. The van der Waals surface area contributed by atoms with Crippen molar-refractivity contribution in [3.8, 4) is 0 Å². The van der Waals surface area contributed by atoms with Crippen molar-refractivity contribution in [2.75, 3.05) is 11.9 Å². The van der Waals surface area contributed by atoms with Crippen LogP contribution in [-0.2, 0) is 14.3 Å². The molecule has 2 rings (SSSR count). The van der Waals surface area contributed by atoms with Crippen molar-refractivity contribution < 1.29 is 14.3 Å². The summed E-state index contributed by atoms with van der Waals surface area (Å²) in [6.45, 7) is 7.61. The van der Waals surface area contributed by atoms with Gasteiger partial charge >= 0.3 is 5.97 Å². The van der Waals surface area contributed by atoms with Crippen LogP contribution in [0.4, 0.5) is 5.69 Å². The zero-order chi connectivity index (χ0) is 18.4. The number of esters is 1. The van der Waals surface area contributed by atoms with Crippen molar-refractivity contribution >= 4 is 17.6 Å². The fraction of sp³-hybridized carbons (Fsp3) is 0.333. The predicted octanol–water partition coefficient (Wildman–Crippen LogP) is 4.29. The van der Waals surface area contributed by atoms with Gasteiger partial charge in [0.15, 0.2) is 6.61 Å². The van der Waals surface area contributed by atoms with Crippen molar-refractivity contribution in [3.63, 3.8) is 0 Å².